The fourth-order valence-corrected chi connectivity index (χ4v) is 2.98. The number of methoxy groups -OCH3 is 1. The molecule has 2 aromatic carbocycles. The minimum Gasteiger partial charge on any atom is -0.497 e. The van der Waals surface area contributed by atoms with Crippen molar-refractivity contribution in [1.29, 1.82) is 0 Å². The lowest BCUT2D eigenvalue weighted by molar-refractivity contribution is 0.300. The summed E-state index contributed by atoms with van der Waals surface area (Å²) >= 11 is 5.98. The third-order valence-electron chi connectivity index (χ3n) is 4.16. The normalized spacial score (nSPS) is 10.9. The van der Waals surface area contributed by atoms with E-state index in [4.69, 9.17) is 25.5 Å². The van der Waals surface area contributed by atoms with Crippen LogP contribution in [0.2, 0.25) is 5.02 Å². The van der Waals surface area contributed by atoms with Crippen LogP contribution in [0.5, 0.6) is 11.5 Å². The van der Waals surface area contributed by atoms with E-state index in [0.717, 1.165) is 16.7 Å². The summed E-state index contributed by atoms with van der Waals surface area (Å²) in [5.74, 6) is 1.47. The molecule has 142 valence electrons. The highest BCUT2D eigenvalue weighted by Gasteiger charge is 2.09. The molecule has 2 heterocycles. The second kappa shape index (κ2) is 7.74. The second-order valence-electron chi connectivity index (χ2n) is 6.10. The summed E-state index contributed by atoms with van der Waals surface area (Å²) in [6.45, 7) is 0.652. The minimum absolute atomic E-state index is 0.277. The maximum atomic E-state index is 11.8. The minimum atomic E-state index is -0.437. The number of benzene rings is 2. The van der Waals surface area contributed by atoms with Crippen molar-refractivity contribution in [3.63, 3.8) is 0 Å². The highest BCUT2D eigenvalue weighted by Crippen LogP contribution is 2.22. The Hall–Kier alpha value is -3.32. The molecule has 0 radical (unpaired) electrons. The third kappa shape index (κ3) is 3.99. The van der Waals surface area contributed by atoms with Crippen LogP contribution in [0, 0.1) is 0 Å². The summed E-state index contributed by atoms with van der Waals surface area (Å²) in [5, 5.41) is 9.54. The standard InChI is InChI=1S/C20H16ClN3O4/c1-26-16-3-5-17(6-4-16)27-12-15-11-24(23-22-15)10-13-8-20(25)28-19-9-14(21)2-7-18(13)19/h2-9,11H,10,12H2,1H3. The lowest BCUT2D eigenvalue weighted by atomic mass is 10.1. The highest BCUT2D eigenvalue weighted by atomic mass is 35.5. The fourth-order valence-electron chi connectivity index (χ4n) is 2.82. The summed E-state index contributed by atoms with van der Waals surface area (Å²) in [6, 6.07) is 13.9. The van der Waals surface area contributed by atoms with E-state index < -0.39 is 5.63 Å². The van der Waals surface area contributed by atoms with E-state index >= 15 is 0 Å². The molecule has 0 aliphatic heterocycles. The van der Waals surface area contributed by atoms with Crippen LogP contribution in [-0.4, -0.2) is 22.1 Å². The Morgan fingerprint density at radius 2 is 1.89 bits per heavy atom. The average Bonchev–Trinajstić information content (AvgIpc) is 3.13. The smallest absolute Gasteiger partial charge is 0.336 e. The van der Waals surface area contributed by atoms with E-state index in [1.54, 1.807) is 30.1 Å². The van der Waals surface area contributed by atoms with Gasteiger partial charge < -0.3 is 13.9 Å². The molecule has 4 rings (SSSR count). The molecule has 0 saturated carbocycles. The van der Waals surface area contributed by atoms with Gasteiger partial charge in [-0.3, -0.25) is 0 Å². The van der Waals surface area contributed by atoms with Crippen LogP contribution < -0.4 is 15.1 Å². The number of fused-ring (bicyclic) bond motifs is 1. The van der Waals surface area contributed by atoms with Gasteiger partial charge in [-0.15, -0.1) is 5.10 Å². The zero-order valence-corrected chi connectivity index (χ0v) is 15.7. The van der Waals surface area contributed by atoms with Crippen molar-refractivity contribution < 1.29 is 13.9 Å². The highest BCUT2D eigenvalue weighted by molar-refractivity contribution is 6.31. The van der Waals surface area contributed by atoms with Gasteiger partial charge in [0.05, 0.1) is 19.9 Å². The topological polar surface area (TPSA) is 79.4 Å². The maximum absolute atomic E-state index is 11.8. The van der Waals surface area contributed by atoms with Crippen molar-refractivity contribution in [3.05, 3.63) is 81.4 Å². The number of hydrogen-bond acceptors (Lipinski definition) is 6. The number of ether oxygens (including phenoxy) is 2. The van der Waals surface area contributed by atoms with E-state index in [1.165, 1.54) is 6.07 Å². The van der Waals surface area contributed by atoms with Crippen LogP contribution in [0.25, 0.3) is 11.0 Å². The van der Waals surface area contributed by atoms with Gasteiger partial charge in [-0.1, -0.05) is 16.8 Å². The number of rotatable bonds is 6. The lowest BCUT2D eigenvalue weighted by Crippen LogP contribution is -2.06. The number of aromatic nitrogens is 3. The first-order valence-corrected chi connectivity index (χ1v) is 8.87. The van der Waals surface area contributed by atoms with E-state index in [2.05, 4.69) is 10.3 Å². The van der Waals surface area contributed by atoms with Crippen molar-refractivity contribution in [2.45, 2.75) is 13.2 Å². The first kappa shape index (κ1) is 18.1. The largest absolute Gasteiger partial charge is 0.497 e. The molecule has 0 atom stereocenters. The van der Waals surface area contributed by atoms with Gasteiger partial charge in [0.25, 0.3) is 0 Å². The first-order chi connectivity index (χ1) is 13.6. The van der Waals surface area contributed by atoms with Gasteiger partial charge in [-0.05, 0) is 42.0 Å². The van der Waals surface area contributed by atoms with E-state index in [9.17, 15) is 4.79 Å². The Bertz CT molecular complexity index is 1170. The van der Waals surface area contributed by atoms with Gasteiger partial charge in [0.1, 0.15) is 29.4 Å². The van der Waals surface area contributed by atoms with Gasteiger partial charge in [-0.25, -0.2) is 9.48 Å². The third-order valence-corrected chi connectivity index (χ3v) is 4.39. The van der Waals surface area contributed by atoms with Crippen molar-refractivity contribution >= 4 is 22.6 Å². The van der Waals surface area contributed by atoms with Crippen molar-refractivity contribution in [2.75, 3.05) is 7.11 Å². The van der Waals surface area contributed by atoms with Crippen LogP contribution in [0.4, 0.5) is 0 Å². The zero-order valence-electron chi connectivity index (χ0n) is 15.0. The van der Waals surface area contributed by atoms with E-state index in [-0.39, 0.29) is 6.61 Å². The Balaban J connectivity index is 1.49. The summed E-state index contributed by atoms with van der Waals surface area (Å²) < 4.78 is 17.7. The number of halogens is 1. The zero-order chi connectivity index (χ0) is 19.5. The van der Waals surface area contributed by atoms with Crippen molar-refractivity contribution in [1.82, 2.24) is 15.0 Å². The Morgan fingerprint density at radius 1 is 1.11 bits per heavy atom. The molecule has 2 aromatic heterocycles. The summed E-state index contributed by atoms with van der Waals surface area (Å²) in [6.07, 6.45) is 1.78. The molecule has 0 unspecified atom stereocenters. The average molecular weight is 398 g/mol. The van der Waals surface area contributed by atoms with E-state index in [1.807, 2.05) is 30.3 Å². The summed E-state index contributed by atoms with van der Waals surface area (Å²) in [4.78, 5) is 11.8. The fraction of sp³-hybridized carbons (Fsp3) is 0.150. The van der Waals surface area contributed by atoms with Gasteiger partial charge in [0, 0.05) is 22.5 Å². The Labute approximate surface area is 165 Å². The molecule has 0 N–H and O–H groups in total. The molecular formula is C20H16ClN3O4. The molecule has 0 bridgehead atoms. The maximum Gasteiger partial charge on any atom is 0.336 e. The summed E-state index contributed by atoms with van der Waals surface area (Å²) in [5.41, 5.74) is 1.45. The number of nitrogens with zero attached hydrogens (tertiary/aromatic N) is 3. The molecule has 0 spiro atoms. The SMILES string of the molecule is COc1ccc(OCc2cn(Cc3cc(=O)oc4cc(Cl)ccc34)nn2)cc1. The van der Waals surface area contributed by atoms with Gasteiger partial charge in [-0.2, -0.15) is 0 Å². The van der Waals surface area contributed by atoms with Gasteiger partial charge in [0.15, 0.2) is 0 Å². The van der Waals surface area contributed by atoms with Crippen LogP contribution >= 0.6 is 11.6 Å². The second-order valence-corrected chi connectivity index (χ2v) is 6.54. The van der Waals surface area contributed by atoms with E-state index in [0.29, 0.717) is 28.6 Å². The molecule has 0 amide bonds. The molecule has 7 nitrogen and oxygen atoms in total. The molecule has 0 saturated heterocycles. The van der Waals surface area contributed by atoms with Crippen molar-refractivity contribution in [3.8, 4) is 11.5 Å². The van der Waals surface area contributed by atoms with Crippen LogP contribution in [0.1, 0.15) is 11.3 Å². The van der Waals surface area contributed by atoms with Gasteiger partial charge in [0.2, 0.25) is 0 Å². The predicted molar refractivity (Wildman–Crippen MR) is 104 cm³/mol. The first-order valence-electron chi connectivity index (χ1n) is 8.49. The quantitative estimate of drug-likeness (QED) is 0.462. The molecule has 8 heteroatoms. The molecule has 0 aliphatic rings. The lowest BCUT2D eigenvalue weighted by Gasteiger charge is -2.06. The predicted octanol–water partition coefficient (Wildman–Crippen LogP) is 3.67. The monoisotopic (exact) mass is 397 g/mol. The van der Waals surface area contributed by atoms with Gasteiger partial charge >= 0.3 is 5.63 Å². The van der Waals surface area contributed by atoms with Crippen molar-refractivity contribution in [2.24, 2.45) is 0 Å². The molecule has 4 aromatic rings. The number of hydrogen-bond donors (Lipinski definition) is 0. The molecule has 0 aliphatic carbocycles. The molecule has 0 fully saturated rings. The van der Waals surface area contributed by atoms with Crippen LogP contribution in [0.3, 0.4) is 0 Å². The van der Waals surface area contributed by atoms with Crippen LogP contribution in [-0.2, 0) is 13.2 Å². The van der Waals surface area contributed by atoms with Crippen LogP contribution in [0.15, 0.2) is 63.9 Å². The molecular weight excluding hydrogens is 382 g/mol. The Kier molecular flexibility index (Phi) is 4.99. The summed E-state index contributed by atoms with van der Waals surface area (Å²) in [7, 11) is 1.61. The Morgan fingerprint density at radius 3 is 2.68 bits per heavy atom. The molecule has 28 heavy (non-hydrogen) atoms.